The summed E-state index contributed by atoms with van der Waals surface area (Å²) in [5.74, 6) is 1.26. The molecule has 5 heteroatoms. The second-order valence-corrected chi connectivity index (χ2v) is 7.50. The van der Waals surface area contributed by atoms with Crippen LogP contribution in [0.15, 0.2) is 30.5 Å². The Balaban J connectivity index is 1.73. The maximum atomic E-state index is 6.41. The van der Waals surface area contributed by atoms with Crippen molar-refractivity contribution in [3.63, 3.8) is 0 Å². The molecule has 2 heterocycles. The Bertz CT molecular complexity index is 736. The molecule has 1 aliphatic heterocycles. The number of nitrogens with zero attached hydrogens (tertiary/aromatic N) is 2. The van der Waals surface area contributed by atoms with Gasteiger partial charge in [-0.2, -0.15) is 5.10 Å². The highest BCUT2D eigenvalue weighted by atomic mass is 35.5. The SMILES string of the molecule is Clc1cccc(Cl)c1-n1ncc(C2CC2)c1C=CC1CCNCC1. The van der Waals surface area contributed by atoms with Crippen molar-refractivity contribution in [1.29, 1.82) is 0 Å². The summed E-state index contributed by atoms with van der Waals surface area (Å²) in [5.41, 5.74) is 3.22. The van der Waals surface area contributed by atoms with Crippen LogP contribution >= 0.6 is 23.2 Å². The fraction of sp³-hybridized carbons (Fsp3) is 0.421. The van der Waals surface area contributed by atoms with E-state index < -0.39 is 0 Å². The second-order valence-electron chi connectivity index (χ2n) is 6.69. The zero-order chi connectivity index (χ0) is 16.5. The molecule has 1 saturated heterocycles. The summed E-state index contributed by atoms with van der Waals surface area (Å²) >= 11 is 12.8. The van der Waals surface area contributed by atoms with Crippen molar-refractivity contribution in [3.05, 3.63) is 51.8 Å². The van der Waals surface area contributed by atoms with Gasteiger partial charge in [-0.1, -0.05) is 35.3 Å². The van der Waals surface area contributed by atoms with Gasteiger partial charge in [0.2, 0.25) is 0 Å². The number of rotatable bonds is 4. The third-order valence-corrected chi connectivity index (χ3v) is 5.52. The van der Waals surface area contributed by atoms with Crippen molar-refractivity contribution in [1.82, 2.24) is 15.1 Å². The van der Waals surface area contributed by atoms with E-state index in [-0.39, 0.29) is 0 Å². The third-order valence-electron chi connectivity index (χ3n) is 4.91. The Labute approximate surface area is 152 Å². The molecular formula is C19H21Cl2N3. The number of benzene rings is 1. The number of halogens is 2. The summed E-state index contributed by atoms with van der Waals surface area (Å²) in [6.07, 6.45) is 11.4. The standard InChI is InChI=1S/C19H21Cl2N3/c20-16-2-1-3-17(21)19(16)24-18(15(12-23-24)14-5-6-14)7-4-13-8-10-22-11-9-13/h1-4,7,12-14,22H,5-6,8-11H2. The number of aromatic nitrogens is 2. The van der Waals surface area contributed by atoms with Crippen LogP contribution in [0.1, 0.15) is 42.9 Å². The van der Waals surface area contributed by atoms with Gasteiger partial charge in [-0.15, -0.1) is 0 Å². The van der Waals surface area contributed by atoms with Gasteiger partial charge in [0, 0.05) is 5.56 Å². The Morgan fingerprint density at radius 3 is 2.46 bits per heavy atom. The highest BCUT2D eigenvalue weighted by Crippen LogP contribution is 2.43. The molecule has 1 aromatic heterocycles. The average Bonchev–Trinajstić information content (AvgIpc) is 3.35. The maximum absolute atomic E-state index is 6.41. The van der Waals surface area contributed by atoms with Crippen molar-refractivity contribution in [3.8, 4) is 5.69 Å². The Morgan fingerprint density at radius 1 is 1.08 bits per heavy atom. The highest BCUT2D eigenvalue weighted by Gasteiger charge is 2.29. The zero-order valence-electron chi connectivity index (χ0n) is 13.5. The molecule has 4 rings (SSSR count). The van der Waals surface area contributed by atoms with Crippen molar-refractivity contribution in [2.45, 2.75) is 31.6 Å². The minimum Gasteiger partial charge on any atom is -0.317 e. The van der Waals surface area contributed by atoms with Crippen LogP contribution in [0.3, 0.4) is 0 Å². The third kappa shape index (κ3) is 3.26. The van der Waals surface area contributed by atoms with Crippen molar-refractivity contribution in [2.75, 3.05) is 13.1 Å². The van der Waals surface area contributed by atoms with E-state index in [9.17, 15) is 0 Å². The lowest BCUT2D eigenvalue weighted by molar-refractivity contribution is 0.437. The van der Waals surface area contributed by atoms with Gasteiger partial charge in [-0.3, -0.25) is 0 Å². The summed E-state index contributed by atoms with van der Waals surface area (Å²) in [5, 5.41) is 9.29. The van der Waals surface area contributed by atoms with E-state index in [1.54, 1.807) is 0 Å². The van der Waals surface area contributed by atoms with Gasteiger partial charge in [0.05, 0.1) is 21.9 Å². The molecular weight excluding hydrogens is 341 g/mol. The van der Waals surface area contributed by atoms with Gasteiger partial charge in [0.25, 0.3) is 0 Å². The summed E-state index contributed by atoms with van der Waals surface area (Å²) in [6.45, 7) is 2.19. The van der Waals surface area contributed by atoms with E-state index in [0.29, 0.717) is 21.9 Å². The average molecular weight is 362 g/mol. The van der Waals surface area contributed by atoms with E-state index >= 15 is 0 Å². The number of hydrogen-bond acceptors (Lipinski definition) is 2. The van der Waals surface area contributed by atoms with E-state index in [4.69, 9.17) is 23.2 Å². The fourth-order valence-electron chi connectivity index (χ4n) is 3.38. The van der Waals surface area contributed by atoms with Crippen LogP contribution in [0.25, 0.3) is 11.8 Å². The summed E-state index contributed by atoms with van der Waals surface area (Å²) < 4.78 is 1.91. The maximum Gasteiger partial charge on any atom is 0.102 e. The first-order chi connectivity index (χ1) is 11.7. The Hall–Kier alpha value is -1.29. The Kier molecular flexibility index (Phi) is 4.66. The molecule has 0 atom stereocenters. The van der Waals surface area contributed by atoms with Crippen molar-refractivity contribution < 1.29 is 0 Å². The van der Waals surface area contributed by atoms with Gasteiger partial charge in [0.15, 0.2) is 0 Å². The first kappa shape index (κ1) is 16.2. The minimum absolute atomic E-state index is 0.628. The lowest BCUT2D eigenvalue weighted by atomic mass is 9.97. The lowest BCUT2D eigenvalue weighted by Crippen LogP contribution is -2.26. The molecule has 1 N–H and O–H groups in total. The largest absolute Gasteiger partial charge is 0.317 e. The van der Waals surface area contributed by atoms with Crippen molar-refractivity contribution in [2.24, 2.45) is 5.92 Å². The van der Waals surface area contributed by atoms with Crippen LogP contribution in [-0.2, 0) is 0 Å². The van der Waals surface area contributed by atoms with Crippen LogP contribution in [-0.4, -0.2) is 22.9 Å². The number of para-hydroxylation sites is 1. The number of nitrogens with one attached hydrogen (secondary N) is 1. The minimum atomic E-state index is 0.628. The number of hydrogen-bond donors (Lipinski definition) is 1. The number of piperidine rings is 1. The molecule has 0 radical (unpaired) electrons. The molecule has 0 amide bonds. The predicted octanol–water partition coefficient (Wildman–Crippen LogP) is 5.07. The quantitative estimate of drug-likeness (QED) is 0.823. The van der Waals surface area contributed by atoms with Crippen molar-refractivity contribution >= 4 is 29.3 Å². The molecule has 2 aliphatic rings. The molecule has 24 heavy (non-hydrogen) atoms. The molecule has 0 unspecified atom stereocenters. The molecule has 1 aromatic carbocycles. The van der Waals surface area contributed by atoms with E-state index in [1.807, 2.05) is 29.1 Å². The van der Waals surface area contributed by atoms with Crippen LogP contribution in [0, 0.1) is 5.92 Å². The highest BCUT2D eigenvalue weighted by molar-refractivity contribution is 6.37. The summed E-state index contributed by atoms with van der Waals surface area (Å²) in [4.78, 5) is 0. The predicted molar refractivity (Wildman–Crippen MR) is 100 cm³/mol. The Morgan fingerprint density at radius 2 is 1.79 bits per heavy atom. The van der Waals surface area contributed by atoms with Gasteiger partial charge in [0.1, 0.15) is 5.69 Å². The molecule has 126 valence electrons. The normalized spacial score (nSPS) is 19.2. The molecule has 0 spiro atoms. The summed E-state index contributed by atoms with van der Waals surface area (Å²) in [7, 11) is 0. The van der Waals surface area contributed by atoms with E-state index in [2.05, 4.69) is 22.6 Å². The lowest BCUT2D eigenvalue weighted by Gasteiger charge is -2.19. The zero-order valence-corrected chi connectivity index (χ0v) is 15.0. The first-order valence-electron chi connectivity index (χ1n) is 8.65. The van der Waals surface area contributed by atoms with Gasteiger partial charge in [-0.25, -0.2) is 4.68 Å². The van der Waals surface area contributed by atoms with Gasteiger partial charge < -0.3 is 5.32 Å². The molecule has 2 fully saturated rings. The molecule has 1 saturated carbocycles. The van der Waals surface area contributed by atoms with E-state index in [0.717, 1.165) is 24.5 Å². The smallest absolute Gasteiger partial charge is 0.102 e. The topological polar surface area (TPSA) is 29.9 Å². The van der Waals surface area contributed by atoms with Crippen LogP contribution in [0.5, 0.6) is 0 Å². The second kappa shape index (κ2) is 6.91. The molecule has 3 nitrogen and oxygen atoms in total. The summed E-state index contributed by atoms with van der Waals surface area (Å²) in [6, 6.07) is 5.59. The van der Waals surface area contributed by atoms with Crippen LogP contribution < -0.4 is 5.32 Å². The first-order valence-corrected chi connectivity index (χ1v) is 9.41. The van der Waals surface area contributed by atoms with E-state index in [1.165, 1.54) is 31.2 Å². The molecule has 2 aromatic rings. The van der Waals surface area contributed by atoms with Crippen LogP contribution in [0.4, 0.5) is 0 Å². The van der Waals surface area contributed by atoms with Gasteiger partial charge in [-0.05, 0) is 68.8 Å². The molecule has 1 aliphatic carbocycles. The molecule has 0 bridgehead atoms. The fourth-order valence-corrected chi connectivity index (χ4v) is 3.94. The monoisotopic (exact) mass is 361 g/mol. The van der Waals surface area contributed by atoms with Gasteiger partial charge >= 0.3 is 0 Å². The number of allylic oxidation sites excluding steroid dienone is 1. The van der Waals surface area contributed by atoms with Crippen LogP contribution in [0.2, 0.25) is 10.0 Å².